The Morgan fingerprint density at radius 1 is 0.630 bits per heavy atom. The second-order valence-electron chi connectivity index (χ2n) is 11.6. The molecule has 1 aliphatic rings. The maximum atomic E-state index is 4.25. The van der Waals surface area contributed by atoms with E-state index in [2.05, 4.69) is 153 Å². The smallest absolute Gasteiger partial charge is 0.0707 e. The van der Waals surface area contributed by atoms with E-state index in [-0.39, 0.29) is 6.04 Å². The van der Waals surface area contributed by atoms with Gasteiger partial charge in [-0.15, -0.1) is 11.3 Å². The second-order valence-corrected chi connectivity index (χ2v) is 12.6. The number of rotatable bonds is 5. The van der Waals surface area contributed by atoms with Crippen LogP contribution in [0.15, 0.2) is 158 Å². The third-order valence-electron chi connectivity index (χ3n) is 8.83. The molecule has 9 rings (SSSR count). The van der Waals surface area contributed by atoms with Gasteiger partial charge in [-0.2, -0.15) is 0 Å². The van der Waals surface area contributed by atoms with Gasteiger partial charge in [0.05, 0.1) is 17.1 Å². The largest absolute Gasteiger partial charge is 0.374 e. The summed E-state index contributed by atoms with van der Waals surface area (Å²) in [6.07, 6.45) is 11.9. The maximum Gasteiger partial charge on any atom is 0.0707 e. The van der Waals surface area contributed by atoms with Gasteiger partial charge in [-0.05, 0) is 94.4 Å². The minimum atomic E-state index is -0.0261. The predicted molar refractivity (Wildman–Crippen MR) is 192 cm³/mol. The fourth-order valence-corrected chi connectivity index (χ4v) is 7.89. The average molecular weight is 609 g/mol. The Bertz CT molecular complexity index is 2440. The van der Waals surface area contributed by atoms with Crippen LogP contribution in [-0.4, -0.2) is 14.5 Å². The Labute approximate surface area is 270 Å². The predicted octanol–water partition coefficient (Wildman–Crippen LogP) is 10.2. The van der Waals surface area contributed by atoms with Gasteiger partial charge in [0.25, 0.3) is 0 Å². The second kappa shape index (κ2) is 11.0. The lowest BCUT2D eigenvalue weighted by Gasteiger charge is -2.26. The van der Waals surface area contributed by atoms with E-state index in [4.69, 9.17) is 0 Å². The minimum Gasteiger partial charge on any atom is -0.374 e. The van der Waals surface area contributed by atoms with Gasteiger partial charge in [-0.25, -0.2) is 0 Å². The third-order valence-corrected chi connectivity index (χ3v) is 10.0. The molecule has 0 bridgehead atoms. The first kappa shape index (κ1) is 26.6. The molecule has 0 amide bonds. The maximum absolute atomic E-state index is 4.25. The molecule has 46 heavy (non-hydrogen) atoms. The number of nitrogens with zero attached hydrogens (tertiary/aromatic N) is 3. The lowest BCUT2D eigenvalue weighted by atomic mass is 9.94. The normalized spacial score (nSPS) is 14.7. The molecule has 1 unspecified atom stereocenters. The summed E-state index contributed by atoms with van der Waals surface area (Å²) >= 11 is 1.88. The highest BCUT2D eigenvalue weighted by atomic mass is 32.1. The monoisotopic (exact) mass is 608 g/mol. The zero-order valence-electron chi connectivity index (χ0n) is 24.8. The summed E-state index contributed by atoms with van der Waals surface area (Å²) in [4.78, 5) is 9.78. The van der Waals surface area contributed by atoms with Crippen LogP contribution in [0.1, 0.15) is 22.7 Å². The zero-order valence-corrected chi connectivity index (χ0v) is 25.7. The molecular formula is C41H28N4S. The number of hydrogen-bond donors (Lipinski definition) is 1. The first-order chi connectivity index (χ1) is 22.8. The van der Waals surface area contributed by atoms with Crippen molar-refractivity contribution in [3.8, 4) is 16.1 Å². The first-order valence-corrected chi connectivity index (χ1v) is 16.2. The lowest BCUT2D eigenvalue weighted by molar-refractivity contribution is 0.765. The molecule has 0 saturated carbocycles. The quantitative estimate of drug-likeness (QED) is 0.211. The van der Waals surface area contributed by atoms with E-state index in [0.717, 1.165) is 28.1 Å². The Hall–Kier alpha value is -5.78. The summed E-state index contributed by atoms with van der Waals surface area (Å²) < 4.78 is 3.75. The number of fused-ring (bicyclic) bond motifs is 5. The third kappa shape index (κ3) is 4.52. The number of benzene rings is 4. The van der Waals surface area contributed by atoms with Crippen molar-refractivity contribution in [3.63, 3.8) is 0 Å². The fourth-order valence-electron chi connectivity index (χ4n) is 6.66. The van der Waals surface area contributed by atoms with Gasteiger partial charge in [0, 0.05) is 62.1 Å². The molecule has 0 spiro atoms. The van der Waals surface area contributed by atoms with E-state index in [0.29, 0.717) is 0 Å². The summed E-state index contributed by atoms with van der Waals surface area (Å²) in [6.45, 7) is 0. The van der Waals surface area contributed by atoms with E-state index in [1.54, 1.807) is 0 Å². The van der Waals surface area contributed by atoms with Crippen molar-refractivity contribution in [2.75, 3.05) is 0 Å². The van der Waals surface area contributed by atoms with Crippen molar-refractivity contribution in [2.45, 2.75) is 6.04 Å². The molecule has 4 nitrogen and oxygen atoms in total. The number of dihydropyridines is 1. The highest BCUT2D eigenvalue weighted by molar-refractivity contribution is 7.23. The van der Waals surface area contributed by atoms with Gasteiger partial charge in [0.15, 0.2) is 0 Å². The number of aromatic nitrogens is 3. The summed E-state index contributed by atoms with van der Waals surface area (Å²) in [5, 5.41) is 7.67. The SMILES string of the molecule is C1=C(c2ccncc2)C=C(c2ccncc2)NC1c1cccc(-n2c3ccccc3c3c4sc(-c5ccccc5)cc4ccc32)c1. The number of allylic oxidation sites excluding steroid dienone is 2. The van der Waals surface area contributed by atoms with Gasteiger partial charge in [0.1, 0.15) is 0 Å². The van der Waals surface area contributed by atoms with E-state index in [1.807, 2.05) is 36.1 Å². The molecule has 5 heteroatoms. The highest BCUT2D eigenvalue weighted by Crippen LogP contribution is 2.43. The average Bonchev–Trinajstić information content (AvgIpc) is 3.72. The summed E-state index contributed by atoms with van der Waals surface area (Å²) in [7, 11) is 0. The molecule has 218 valence electrons. The lowest BCUT2D eigenvalue weighted by Crippen LogP contribution is -2.22. The fraction of sp³-hybridized carbons (Fsp3) is 0.0244. The van der Waals surface area contributed by atoms with E-state index in [9.17, 15) is 0 Å². The summed E-state index contributed by atoms with van der Waals surface area (Å²) in [5.74, 6) is 0. The van der Waals surface area contributed by atoms with Gasteiger partial charge < -0.3 is 9.88 Å². The zero-order chi connectivity index (χ0) is 30.5. The molecule has 4 aromatic carbocycles. The molecule has 1 N–H and O–H groups in total. The molecule has 0 fully saturated rings. The number of nitrogens with one attached hydrogen (secondary N) is 1. The van der Waals surface area contributed by atoms with Crippen molar-refractivity contribution in [2.24, 2.45) is 0 Å². The molecule has 0 aliphatic carbocycles. The Kier molecular flexibility index (Phi) is 6.35. The van der Waals surface area contributed by atoms with Crippen LogP contribution in [0.3, 0.4) is 0 Å². The van der Waals surface area contributed by atoms with Crippen molar-refractivity contribution in [1.29, 1.82) is 0 Å². The van der Waals surface area contributed by atoms with Crippen LogP contribution in [0.2, 0.25) is 0 Å². The molecule has 0 saturated heterocycles. The first-order valence-electron chi connectivity index (χ1n) is 15.4. The van der Waals surface area contributed by atoms with E-state index < -0.39 is 0 Å². The molecule has 4 aromatic heterocycles. The van der Waals surface area contributed by atoms with Crippen LogP contribution in [-0.2, 0) is 0 Å². The molecule has 1 aliphatic heterocycles. The summed E-state index contributed by atoms with van der Waals surface area (Å²) in [5.41, 5.74) is 10.5. The number of pyridine rings is 2. The number of thiophene rings is 1. The van der Waals surface area contributed by atoms with Crippen molar-refractivity contribution in [3.05, 3.63) is 175 Å². The standard InChI is InChI=1S/C41H28N4S/c1-2-7-29(8-3-1)39-26-31-13-14-38-40(41(31)46-39)34-11-4-5-12-37(34)45(38)33-10-6-9-30(23-33)36-25-32(27-15-19-42-20-16-27)24-35(44-36)28-17-21-43-22-18-28/h1-26,36,44H. The number of para-hydroxylation sites is 1. The number of hydrogen-bond acceptors (Lipinski definition) is 4. The Balaban J connectivity index is 1.19. The molecule has 5 heterocycles. The van der Waals surface area contributed by atoms with Crippen LogP contribution in [0, 0.1) is 0 Å². The van der Waals surface area contributed by atoms with E-state index in [1.165, 1.54) is 47.9 Å². The van der Waals surface area contributed by atoms with Gasteiger partial charge in [0.2, 0.25) is 0 Å². The Morgan fingerprint density at radius 3 is 2.22 bits per heavy atom. The summed E-state index contributed by atoms with van der Waals surface area (Å²) in [6, 6.07) is 43.5. The molecule has 0 radical (unpaired) electrons. The van der Waals surface area contributed by atoms with E-state index >= 15 is 0 Å². The minimum absolute atomic E-state index is 0.0261. The van der Waals surface area contributed by atoms with Gasteiger partial charge in [-0.1, -0.05) is 66.7 Å². The van der Waals surface area contributed by atoms with Crippen molar-refractivity contribution < 1.29 is 0 Å². The highest BCUT2D eigenvalue weighted by Gasteiger charge is 2.21. The molecule has 1 atom stereocenters. The topological polar surface area (TPSA) is 42.7 Å². The van der Waals surface area contributed by atoms with Crippen LogP contribution in [0.5, 0.6) is 0 Å². The van der Waals surface area contributed by atoms with Crippen molar-refractivity contribution in [1.82, 2.24) is 19.9 Å². The van der Waals surface area contributed by atoms with Crippen LogP contribution in [0.25, 0.3) is 59.3 Å². The molecular weight excluding hydrogens is 581 g/mol. The molecule has 8 aromatic rings. The Morgan fingerprint density at radius 2 is 1.39 bits per heavy atom. The van der Waals surface area contributed by atoms with Crippen molar-refractivity contribution >= 4 is 54.5 Å². The van der Waals surface area contributed by atoms with Crippen LogP contribution < -0.4 is 5.32 Å². The van der Waals surface area contributed by atoms with Crippen LogP contribution in [0.4, 0.5) is 0 Å². The van der Waals surface area contributed by atoms with Crippen LogP contribution >= 0.6 is 11.3 Å². The van der Waals surface area contributed by atoms with Gasteiger partial charge >= 0.3 is 0 Å². The van der Waals surface area contributed by atoms with Gasteiger partial charge in [-0.3, -0.25) is 9.97 Å².